The summed E-state index contributed by atoms with van der Waals surface area (Å²) < 4.78 is 0. The third kappa shape index (κ3) is 2.17. The van der Waals surface area contributed by atoms with E-state index < -0.39 is 0 Å². The van der Waals surface area contributed by atoms with Crippen molar-refractivity contribution < 1.29 is 4.79 Å². The summed E-state index contributed by atoms with van der Waals surface area (Å²) in [6.45, 7) is 3.07. The minimum absolute atomic E-state index is 0.0317. The fraction of sp³-hybridized carbons (Fsp3) is 0.500. The lowest BCUT2D eigenvalue weighted by molar-refractivity contribution is -0.121. The zero-order chi connectivity index (χ0) is 11.4. The first-order valence-electron chi connectivity index (χ1n) is 6.09. The van der Waals surface area contributed by atoms with Crippen molar-refractivity contribution in [1.29, 1.82) is 0 Å². The molecule has 0 unspecified atom stereocenters. The average molecular weight is 217 g/mol. The Kier molecular flexibility index (Phi) is 3.39. The summed E-state index contributed by atoms with van der Waals surface area (Å²) in [5.41, 5.74) is 1.36. The van der Waals surface area contributed by atoms with Crippen LogP contribution < -0.4 is 5.32 Å². The lowest BCUT2D eigenvalue weighted by atomic mass is 9.76. The molecule has 0 aromatic heterocycles. The van der Waals surface area contributed by atoms with Crippen molar-refractivity contribution in [2.75, 3.05) is 6.54 Å². The molecule has 0 radical (unpaired) electrons. The Bertz CT molecular complexity index is 348. The smallest absolute Gasteiger partial charge is 0.133 e. The van der Waals surface area contributed by atoms with Crippen LogP contribution in [0.4, 0.5) is 0 Å². The van der Waals surface area contributed by atoms with Gasteiger partial charge in [-0.15, -0.1) is 0 Å². The maximum absolute atomic E-state index is 11.4. The molecule has 0 spiro atoms. The van der Waals surface area contributed by atoms with Gasteiger partial charge in [0.15, 0.2) is 0 Å². The van der Waals surface area contributed by atoms with E-state index in [0.29, 0.717) is 18.6 Å². The second kappa shape index (κ2) is 4.79. The fourth-order valence-electron chi connectivity index (χ4n) is 2.62. The summed E-state index contributed by atoms with van der Waals surface area (Å²) in [4.78, 5) is 11.4. The molecule has 1 saturated carbocycles. The molecule has 0 amide bonds. The predicted molar refractivity (Wildman–Crippen MR) is 65.3 cm³/mol. The maximum atomic E-state index is 11.4. The predicted octanol–water partition coefficient (Wildman–Crippen LogP) is 2.63. The minimum Gasteiger partial charge on any atom is -0.308 e. The standard InChI is InChI=1S/C14H19NO/c1-2-15-14(10-8-13(16)9-11-14)12-6-4-3-5-7-12/h3-7,15H,2,8-11H2,1H3. The second-order valence-electron chi connectivity index (χ2n) is 4.52. The van der Waals surface area contributed by atoms with Crippen LogP contribution in [0, 0.1) is 0 Å². The van der Waals surface area contributed by atoms with Crippen molar-refractivity contribution in [1.82, 2.24) is 5.32 Å². The topological polar surface area (TPSA) is 29.1 Å². The summed E-state index contributed by atoms with van der Waals surface area (Å²) in [7, 11) is 0. The van der Waals surface area contributed by atoms with Gasteiger partial charge < -0.3 is 5.32 Å². The van der Waals surface area contributed by atoms with Gasteiger partial charge >= 0.3 is 0 Å². The molecule has 2 heteroatoms. The monoisotopic (exact) mass is 217 g/mol. The van der Waals surface area contributed by atoms with Gasteiger partial charge in [-0.05, 0) is 24.9 Å². The molecule has 1 N–H and O–H groups in total. The van der Waals surface area contributed by atoms with Crippen LogP contribution in [0.15, 0.2) is 30.3 Å². The van der Waals surface area contributed by atoms with Crippen molar-refractivity contribution >= 4 is 5.78 Å². The van der Waals surface area contributed by atoms with Gasteiger partial charge in [-0.1, -0.05) is 37.3 Å². The molecule has 1 aromatic carbocycles. The molecule has 1 fully saturated rings. The van der Waals surface area contributed by atoms with E-state index in [1.54, 1.807) is 0 Å². The zero-order valence-corrected chi connectivity index (χ0v) is 9.83. The highest BCUT2D eigenvalue weighted by molar-refractivity contribution is 5.79. The number of ketones is 1. The fourth-order valence-corrected chi connectivity index (χ4v) is 2.62. The molecule has 1 aromatic rings. The summed E-state index contributed by atoms with van der Waals surface area (Å²) in [5, 5.41) is 3.58. The summed E-state index contributed by atoms with van der Waals surface area (Å²) in [6.07, 6.45) is 3.29. The number of nitrogens with one attached hydrogen (secondary N) is 1. The first-order chi connectivity index (χ1) is 7.77. The molecule has 2 nitrogen and oxygen atoms in total. The molecule has 1 aliphatic carbocycles. The van der Waals surface area contributed by atoms with Gasteiger partial charge in [0.1, 0.15) is 5.78 Å². The Hall–Kier alpha value is -1.15. The van der Waals surface area contributed by atoms with E-state index in [2.05, 4.69) is 36.5 Å². The van der Waals surface area contributed by atoms with Gasteiger partial charge in [0.05, 0.1) is 0 Å². The van der Waals surface area contributed by atoms with Crippen LogP contribution in [0.25, 0.3) is 0 Å². The molecule has 0 atom stereocenters. The van der Waals surface area contributed by atoms with Crippen LogP contribution in [-0.4, -0.2) is 12.3 Å². The van der Waals surface area contributed by atoms with E-state index in [4.69, 9.17) is 0 Å². The SMILES string of the molecule is CCNC1(c2ccccc2)CCC(=O)CC1. The molecular weight excluding hydrogens is 198 g/mol. The first-order valence-corrected chi connectivity index (χ1v) is 6.09. The van der Waals surface area contributed by atoms with E-state index in [9.17, 15) is 4.79 Å². The first kappa shape index (κ1) is 11.3. The Morgan fingerprint density at radius 3 is 2.38 bits per heavy atom. The van der Waals surface area contributed by atoms with E-state index in [-0.39, 0.29) is 5.54 Å². The Labute approximate surface area is 97.1 Å². The van der Waals surface area contributed by atoms with E-state index in [1.807, 2.05) is 6.07 Å². The van der Waals surface area contributed by atoms with E-state index >= 15 is 0 Å². The van der Waals surface area contributed by atoms with Crippen molar-refractivity contribution in [3.05, 3.63) is 35.9 Å². The summed E-state index contributed by atoms with van der Waals surface area (Å²) in [5.74, 6) is 0.407. The summed E-state index contributed by atoms with van der Waals surface area (Å²) >= 11 is 0. The maximum Gasteiger partial charge on any atom is 0.133 e. The van der Waals surface area contributed by atoms with Gasteiger partial charge in [-0.25, -0.2) is 0 Å². The highest BCUT2D eigenvalue weighted by atomic mass is 16.1. The Balaban J connectivity index is 2.25. The van der Waals surface area contributed by atoms with Crippen molar-refractivity contribution in [2.45, 2.75) is 38.1 Å². The van der Waals surface area contributed by atoms with Crippen molar-refractivity contribution in [2.24, 2.45) is 0 Å². The lowest BCUT2D eigenvalue weighted by Gasteiger charge is -2.38. The number of hydrogen-bond acceptors (Lipinski definition) is 2. The quantitative estimate of drug-likeness (QED) is 0.843. The number of rotatable bonds is 3. The Morgan fingerprint density at radius 2 is 1.81 bits per heavy atom. The van der Waals surface area contributed by atoms with Crippen LogP contribution in [0.5, 0.6) is 0 Å². The molecule has 2 rings (SSSR count). The van der Waals surface area contributed by atoms with Crippen molar-refractivity contribution in [3.63, 3.8) is 0 Å². The van der Waals surface area contributed by atoms with Crippen molar-refractivity contribution in [3.8, 4) is 0 Å². The van der Waals surface area contributed by atoms with Crippen LogP contribution in [0.2, 0.25) is 0 Å². The molecule has 16 heavy (non-hydrogen) atoms. The normalized spacial score (nSPS) is 19.7. The molecule has 0 aliphatic heterocycles. The third-order valence-corrected chi connectivity index (χ3v) is 3.50. The molecule has 0 heterocycles. The van der Waals surface area contributed by atoms with Gasteiger partial charge in [-0.2, -0.15) is 0 Å². The molecule has 0 bridgehead atoms. The number of carbonyl (C=O) groups is 1. The van der Waals surface area contributed by atoms with Crippen LogP contribution in [-0.2, 0) is 10.3 Å². The van der Waals surface area contributed by atoms with Gasteiger partial charge in [0.25, 0.3) is 0 Å². The molecule has 86 valence electrons. The minimum atomic E-state index is 0.0317. The van der Waals surface area contributed by atoms with E-state index in [0.717, 1.165) is 19.4 Å². The Morgan fingerprint density at radius 1 is 1.19 bits per heavy atom. The molecule has 0 saturated heterocycles. The van der Waals surface area contributed by atoms with Crippen LogP contribution in [0.1, 0.15) is 38.2 Å². The number of benzene rings is 1. The highest BCUT2D eigenvalue weighted by Gasteiger charge is 2.35. The zero-order valence-electron chi connectivity index (χ0n) is 9.83. The van der Waals surface area contributed by atoms with Crippen LogP contribution in [0.3, 0.4) is 0 Å². The van der Waals surface area contributed by atoms with Gasteiger partial charge in [-0.3, -0.25) is 4.79 Å². The van der Waals surface area contributed by atoms with E-state index in [1.165, 1.54) is 5.56 Å². The molecular formula is C14H19NO. The average Bonchev–Trinajstić information content (AvgIpc) is 2.34. The van der Waals surface area contributed by atoms with Crippen LogP contribution >= 0.6 is 0 Å². The molecule has 1 aliphatic rings. The third-order valence-electron chi connectivity index (χ3n) is 3.50. The van der Waals surface area contributed by atoms with Gasteiger partial charge in [0.2, 0.25) is 0 Å². The van der Waals surface area contributed by atoms with Gasteiger partial charge in [0, 0.05) is 18.4 Å². The highest BCUT2D eigenvalue weighted by Crippen LogP contribution is 2.35. The summed E-state index contributed by atoms with van der Waals surface area (Å²) in [6, 6.07) is 10.5. The number of hydrogen-bond donors (Lipinski definition) is 1. The lowest BCUT2D eigenvalue weighted by Crippen LogP contribution is -2.45. The number of carbonyl (C=O) groups excluding carboxylic acids is 1. The largest absolute Gasteiger partial charge is 0.308 e. The number of Topliss-reactive ketones (excluding diaryl/α,β-unsaturated/α-hetero) is 1. The second-order valence-corrected chi connectivity index (χ2v) is 4.52.